The van der Waals surface area contributed by atoms with Crippen molar-refractivity contribution in [3.05, 3.63) is 60.7 Å². The Kier molecular flexibility index (Phi) is 36.3. The van der Waals surface area contributed by atoms with Gasteiger partial charge in [0, 0.05) is 13.2 Å². The van der Waals surface area contributed by atoms with E-state index in [0.717, 1.165) is 13.2 Å². The Hall–Kier alpha value is -1.60. The Labute approximate surface area is 308 Å². The highest BCUT2D eigenvalue weighted by molar-refractivity contribution is 5.62. The second-order valence-corrected chi connectivity index (χ2v) is 15.0. The summed E-state index contributed by atoms with van der Waals surface area (Å²) < 4.78 is 5.87. The summed E-state index contributed by atoms with van der Waals surface area (Å²) >= 11 is 0. The van der Waals surface area contributed by atoms with Crippen LogP contribution in [0, 0.1) is 0 Å². The van der Waals surface area contributed by atoms with E-state index in [4.69, 9.17) is 4.74 Å². The summed E-state index contributed by atoms with van der Waals surface area (Å²) in [4.78, 5) is 0. The molecule has 0 fully saturated rings. The maximum Gasteiger partial charge on any atom is 0.0466 e. The van der Waals surface area contributed by atoms with Crippen LogP contribution in [0.2, 0.25) is 0 Å². The fourth-order valence-electron chi connectivity index (χ4n) is 6.87. The number of benzene rings is 2. The molecule has 49 heavy (non-hydrogen) atoms. The second-order valence-electron chi connectivity index (χ2n) is 15.0. The largest absolute Gasteiger partial charge is 0.381 e. The van der Waals surface area contributed by atoms with Crippen molar-refractivity contribution >= 4 is 0 Å². The molecule has 0 N–H and O–H groups in total. The number of hydrogen-bond donors (Lipinski definition) is 0. The average Bonchev–Trinajstić information content (AvgIpc) is 3.14. The van der Waals surface area contributed by atoms with Crippen molar-refractivity contribution in [3.63, 3.8) is 0 Å². The molecule has 2 rings (SSSR count). The number of unbranched alkanes of at least 4 members (excludes halogenated alkanes) is 30. The highest BCUT2D eigenvalue weighted by Gasteiger charge is 1.97. The van der Waals surface area contributed by atoms with Gasteiger partial charge in [-0.2, -0.15) is 0 Å². The number of ether oxygens (including phenoxy) is 1. The quantitative estimate of drug-likeness (QED) is 0.0660. The molecule has 0 bridgehead atoms. The van der Waals surface area contributed by atoms with E-state index in [1.165, 1.54) is 217 Å². The van der Waals surface area contributed by atoms with Gasteiger partial charge >= 0.3 is 0 Å². The first-order valence-corrected chi connectivity index (χ1v) is 22.1. The van der Waals surface area contributed by atoms with Crippen LogP contribution in [0.3, 0.4) is 0 Å². The van der Waals surface area contributed by atoms with Crippen LogP contribution in [0.1, 0.15) is 219 Å². The first kappa shape index (κ1) is 45.4. The zero-order valence-electron chi connectivity index (χ0n) is 33.2. The zero-order chi connectivity index (χ0) is 35.0. The van der Waals surface area contributed by atoms with Crippen LogP contribution in [0.5, 0.6) is 0 Å². The molecule has 0 atom stereocenters. The van der Waals surface area contributed by atoms with Crippen LogP contribution in [0.15, 0.2) is 60.7 Å². The Balaban J connectivity index is 0.000000821. The van der Waals surface area contributed by atoms with Gasteiger partial charge in [0.15, 0.2) is 0 Å². The second kappa shape index (κ2) is 39.2. The minimum absolute atomic E-state index is 0.997. The van der Waals surface area contributed by atoms with E-state index in [9.17, 15) is 0 Å². The SMILES string of the molecule is CCCCCCCCCCCCCCCCCCOCCCCCCCCCCCCCCCCCC.c1ccc(-c2ccccc2)cc1. The van der Waals surface area contributed by atoms with E-state index >= 15 is 0 Å². The van der Waals surface area contributed by atoms with Crippen molar-refractivity contribution in [3.8, 4) is 11.1 Å². The fourth-order valence-corrected chi connectivity index (χ4v) is 6.87. The summed E-state index contributed by atoms with van der Waals surface area (Å²) in [5, 5.41) is 0. The summed E-state index contributed by atoms with van der Waals surface area (Å²) in [6.07, 6.45) is 46.0. The van der Waals surface area contributed by atoms with Gasteiger partial charge in [-0.05, 0) is 24.0 Å². The highest BCUT2D eigenvalue weighted by atomic mass is 16.5. The van der Waals surface area contributed by atoms with Gasteiger partial charge in [0.2, 0.25) is 0 Å². The summed E-state index contributed by atoms with van der Waals surface area (Å²) in [5.74, 6) is 0. The van der Waals surface area contributed by atoms with Gasteiger partial charge in [0.1, 0.15) is 0 Å². The van der Waals surface area contributed by atoms with E-state index in [1.54, 1.807) is 0 Å². The molecule has 2 aromatic rings. The van der Waals surface area contributed by atoms with Crippen LogP contribution < -0.4 is 0 Å². The monoisotopic (exact) mass is 677 g/mol. The molecule has 0 spiro atoms. The van der Waals surface area contributed by atoms with Crippen molar-refractivity contribution in [2.75, 3.05) is 13.2 Å². The molecule has 0 aromatic heterocycles. The lowest BCUT2D eigenvalue weighted by Gasteiger charge is -2.06. The Morgan fingerprint density at radius 3 is 0.694 bits per heavy atom. The van der Waals surface area contributed by atoms with E-state index in [1.807, 2.05) is 12.1 Å². The number of hydrogen-bond acceptors (Lipinski definition) is 1. The molecule has 0 saturated heterocycles. The number of rotatable bonds is 35. The zero-order valence-corrected chi connectivity index (χ0v) is 33.2. The molecule has 1 nitrogen and oxygen atoms in total. The van der Waals surface area contributed by atoms with Gasteiger partial charge < -0.3 is 4.74 Å². The smallest absolute Gasteiger partial charge is 0.0466 e. The first-order chi connectivity index (χ1) is 24.4. The fraction of sp³-hybridized carbons (Fsp3) is 0.750. The summed E-state index contributed by atoms with van der Waals surface area (Å²) in [6, 6.07) is 20.8. The average molecular weight is 677 g/mol. The third-order valence-corrected chi connectivity index (χ3v) is 10.2. The van der Waals surface area contributed by atoms with E-state index in [0.29, 0.717) is 0 Å². The molecule has 1 heteroatoms. The molecule has 0 saturated carbocycles. The molecule has 0 unspecified atom stereocenters. The maximum absolute atomic E-state index is 5.87. The summed E-state index contributed by atoms with van der Waals surface area (Å²) in [7, 11) is 0. The van der Waals surface area contributed by atoms with Gasteiger partial charge in [0.05, 0.1) is 0 Å². The van der Waals surface area contributed by atoms with Crippen LogP contribution in [-0.2, 0) is 4.74 Å². The third-order valence-electron chi connectivity index (χ3n) is 10.2. The van der Waals surface area contributed by atoms with E-state index in [-0.39, 0.29) is 0 Å². The summed E-state index contributed by atoms with van der Waals surface area (Å²) in [6.45, 7) is 6.60. The lowest BCUT2D eigenvalue weighted by Crippen LogP contribution is -1.97. The van der Waals surface area contributed by atoms with Gasteiger partial charge in [-0.15, -0.1) is 0 Å². The first-order valence-electron chi connectivity index (χ1n) is 22.1. The maximum atomic E-state index is 5.87. The standard InChI is InChI=1S/C36H74O.C12H10/c1-3-5-7-9-11-13-15-17-19-21-23-25-27-29-31-33-35-37-36-34-32-30-28-26-24-22-20-18-16-14-12-10-8-6-4-2;1-3-7-11(8-4-1)12-9-5-2-6-10-12/h3-36H2,1-2H3;1-10H. The molecule has 0 aliphatic rings. The van der Waals surface area contributed by atoms with Crippen molar-refractivity contribution in [1.82, 2.24) is 0 Å². The van der Waals surface area contributed by atoms with E-state index < -0.39 is 0 Å². The van der Waals surface area contributed by atoms with Crippen molar-refractivity contribution in [2.24, 2.45) is 0 Å². The van der Waals surface area contributed by atoms with Crippen LogP contribution in [-0.4, -0.2) is 13.2 Å². The van der Waals surface area contributed by atoms with Gasteiger partial charge in [-0.25, -0.2) is 0 Å². The van der Waals surface area contributed by atoms with Gasteiger partial charge in [-0.1, -0.05) is 267 Å². The molecule has 0 heterocycles. The van der Waals surface area contributed by atoms with Crippen molar-refractivity contribution in [2.45, 2.75) is 219 Å². The van der Waals surface area contributed by atoms with Crippen LogP contribution in [0.25, 0.3) is 11.1 Å². The molecule has 0 aliphatic heterocycles. The molecule has 282 valence electrons. The summed E-state index contributed by atoms with van der Waals surface area (Å²) in [5.41, 5.74) is 2.55. The van der Waals surface area contributed by atoms with Crippen molar-refractivity contribution in [1.29, 1.82) is 0 Å². The lowest BCUT2D eigenvalue weighted by molar-refractivity contribution is 0.125. The van der Waals surface area contributed by atoms with E-state index in [2.05, 4.69) is 62.4 Å². The normalized spacial score (nSPS) is 11.1. The molecule has 0 aliphatic carbocycles. The molecule has 0 radical (unpaired) electrons. The van der Waals surface area contributed by atoms with Crippen LogP contribution in [0.4, 0.5) is 0 Å². The Morgan fingerprint density at radius 1 is 0.265 bits per heavy atom. The van der Waals surface area contributed by atoms with Gasteiger partial charge in [-0.3, -0.25) is 0 Å². The van der Waals surface area contributed by atoms with Crippen LogP contribution >= 0.6 is 0 Å². The molecular weight excluding hydrogens is 593 g/mol. The Morgan fingerprint density at radius 2 is 0.469 bits per heavy atom. The third kappa shape index (κ3) is 33.3. The lowest BCUT2D eigenvalue weighted by atomic mass is 10.0. The predicted octanol–water partition coefficient (Wildman–Crippen LogP) is 16.9. The highest BCUT2D eigenvalue weighted by Crippen LogP contribution is 2.18. The van der Waals surface area contributed by atoms with Gasteiger partial charge in [0.25, 0.3) is 0 Å². The molecular formula is C48H84O. The minimum Gasteiger partial charge on any atom is -0.381 e. The molecule has 2 aromatic carbocycles. The van der Waals surface area contributed by atoms with Crippen molar-refractivity contribution < 1.29 is 4.74 Å². The molecule has 0 amide bonds. The Bertz CT molecular complexity index is 774. The minimum atomic E-state index is 0.997. The predicted molar refractivity (Wildman–Crippen MR) is 222 cm³/mol. The topological polar surface area (TPSA) is 9.23 Å².